The van der Waals surface area contributed by atoms with Gasteiger partial charge < -0.3 is 4.74 Å². The minimum absolute atomic E-state index is 0.132. The fourth-order valence-electron chi connectivity index (χ4n) is 5.23. The first-order chi connectivity index (χ1) is 18.4. The average Bonchev–Trinajstić information content (AvgIpc) is 3.44. The molecule has 0 aliphatic carbocycles. The first kappa shape index (κ1) is 24.1. The summed E-state index contributed by atoms with van der Waals surface area (Å²) in [6.45, 7) is 0. The van der Waals surface area contributed by atoms with Crippen LogP contribution in [0.15, 0.2) is 89.4 Å². The third-order valence-corrected chi connectivity index (χ3v) is 7.56. The molecule has 0 radical (unpaired) electrons. The van der Waals surface area contributed by atoms with Crippen LogP contribution in [-0.4, -0.2) is 30.0 Å². The highest BCUT2D eigenvalue weighted by Crippen LogP contribution is 2.49. The number of rotatable bonds is 5. The first-order valence-electron chi connectivity index (χ1n) is 11.8. The van der Waals surface area contributed by atoms with Gasteiger partial charge in [0.15, 0.2) is 6.10 Å². The molecule has 0 spiro atoms. The molecule has 0 aromatic heterocycles. The summed E-state index contributed by atoms with van der Waals surface area (Å²) in [5, 5.41) is 14.6. The summed E-state index contributed by atoms with van der Waals surface area (Å²) >= 11 is 3.50. The molecule has 2 amide bonds. The van der Waals surface area contributed by atoms with Gasteiger partial charge in [-0.05, 0) is 51.1 Å². The van der Waals surface area contributed by atoms with Crippen LogP contribution in [0, 0.1) is 16.0 Å². The number of carbonyl (C=O) groups is 2. The van der Waals surface area contributed by atoms with Crippen molar-refractivity contribution >= 4 is 55.6 Å². The standard InChI is InChI=1S/C28H20BrN3O6/c1-37-23-13-12-17(14-21(23)29)25-24-26(38-31(25)18-8-5-9-19(15-18)32(35)36)28(34)30(27(24)33)22-11-4-7-16-6-2-3-10-20(16)22/h2-15,24-26H,1H3/t24-,25+,26+/m1/s1. The van der Waals surface area contributed by atoms with Crippen molar-refractivity contribution in [3.63, 3.8) is 0 Å². The predicted octanol–water partition coefficient (Wildman–Crippen LogP) is 5.57. The molecular formula is C28H20BrN3O6. The molecule has 2 fully saturated rings. The Morgan fingerprint density at radius 2 is 1.71 bits per heavy atom. The molecule has 0 bridgehead atoms. The number of benzene rings is 4. The van der Waals surface area contributed by atoms with Crippen molar-refractivity contribution in [2.45, 2.75) is 12.1 Å². The predicted molar refractivity (Wildman–Crippen MR) is 144 cm³/mol. The van der Waals surface area contributed by atoms with Crippen LogP contribution in [-0.2, 0) is 14.4 Å². The van der Waals surface area contributed by atoms with Crippen LogP contribution < -0.4 is 14.7 Å². The van der Waals surface area contributed by atoms with Crippen LogP contribution in [0.5, 0.6) is 5.75 Å². The number of hydrogen-bond acceptors (Lipinski definition) is 7. The second kappa shape index (κ2) is 9.23. The van der Waals surface area contributed by atoms with Gasteiger partial charge in [0.05, 0.1) is 33.9 Å². The number of hydrogen-bond donors (Lipinski definition) is 0. The average molecular weight is 574 g/mol. The number of imide groups is 1. The van der Waals surface area contributed by atoms with Gasteiger partial charge in [0, 0.05) is 17.5 Å². The highest BCUT2D eigenvalue weighted by Gasteiger charge is 2.60. The van der Waals surface area contributed by atoms with E-state index in [4.69, 9.17) is 9.57 Å². The third-order valence-electron chi connectivity index (χ3n) is 6.94. The lowest BCUT2D eigenvalue weighted by molar-refractivity contribution is -0.384. The highest BCUT2D eigenvalue weighted by atomic mass is 79.9. The number of fused-ring (bicyclic) bond motifs is 2. The smallest absolute Gasteiger partial charge is 0.271 e. The number of hydroxylamine groups is 1. The van der Waals surface area contributed by atoms with Crippen LogP contribution in [0.2, 0.25) is 0 Å². The minimum Gasteiger partial charge on any atom is -0.496 e. The van der Waals surface area contributed by atoms with E-state index in [-0.39, 0.29) is 5.69 Å². The Hall–Kier alpha value is -4.28. The Balaban J connectivity index is 1.48. The summed E-state index contributed by atoms with van der Waals surface area (Å²) in [6, 6.07) is 23.6. The fraction of sp³-hybridized carbons (Fsp3) is 0.143. The molecule has 4 aromatic rings. The van der Waals surface area contributed by atoms with Gasteiger partial charge in [-0.3, -0.25) is 24.5 Å². The monoisotopic (exact) mass is 573 g/mol. The number of non-ortho nitro benzene ring substituents is 1. The molecule has 2 saturated heterocycles. The normalized spacial score (nSPS) is 20.7. The third kappa shape index (κ3) is 3.72. The SMILES string of the molecule is COc1ccc([C@H]2[C@H]3C(=O)N(c4cccc5ccccc45)C(=O)[C@H]3ON2c2cccc([N+](=O)[O-])c2)cc1Br. The number of ether oxygens (including phenoxy) is 1. The fourth-order valence-corrected chi connectivity index (χ4v) is 5.79. The molecule has 2 aliphatic rings. The maximum Gasteiger partial charge on any atom is 0.271 e. The van der Waals surface area contributed by atoms with Gasteiger partial charge in [-0.25, -0.2) is 9.96 Å². The Bertz CT molecular complexity index is 1620. The Labute approximate surface area is 225 Å². The number of methoxy groups -OCH3 is 1. The van der Waals surface area contributed by atoms with E-state index in [1.807, 2.05) is 30.3 Å². The summed E-state index contributed by atoms with van der Waals surface area (Å²) in [6.07, 6.45) is -1.10. The van der Waals surface area contributed by atoms with E-state index >= 15 is 0 Å². The molecule has 190 valence electrons. The van der Waals surface area contributed by atoms with Gasteiger partial charge in [0.25, 0.3) is 11.6 Å². The zero-order valence-electron chi connectivity index (χ0n) is 20.0. The second-order valence-corrected chi connectivity index (χ2v) is 9.86. The van der Waals surface area contributed by atoms with E-state index in [0.717, 1.165) is 10.8 Å². The lowest BCUT2D eigenvalue weighted by atomic mass is 9.90. The molecule has 2 aliphatic heterocycles. The van der Waals surface area contributed by atoms with Gasteiger partial charge in [-0.2, -0.15) is 0 Å². The lowest BCUT2D eigenvalue weighted by Gasteiger charge is -2.29. The van der Waals surface area contributed by atoms with Crippen molar-refractivity contribution < 1.29 is 24.1 Å². The number of nitrogens with zero attached hydrogens (tertiary/aromatic N) is 3. The highest BCUT2D eigenvalue weighted by molar-refractivity contribution is 9.10. The zero-order chi connectivity index (χ0) is 26.6. The van der Waals surface area contributed by atoms with Crippen molar-refractivity contribution in [2.75, 3.05) is 17.1 Å². The lowest BCUT2D eigenvalue weighted by Crippen LogP contribution is -2.37. The summed E-state index contributed by atoms with van der Waals surface area (Å²) in [5.41, 5.74) is 1.40. The molecule has 10 heteroatoms. The molecule has 4 aromatic carbocycles. The number of carbonyl (C=O) groups excluding carboxylic acids is 2. The molecule has 2 heterocycles. The molecule has 0 N–H and O–H groups in total. The van der Waals surface area contributed by atoms with Crippen LogP contribution in [0.3, 0.4) is 0 Å². The Kier molecular flexibility index (Phi) is 5.85. The van der Waals surface area contributed by atoms with Crippen molar-refractivity contribution in [1.82, 2.24) is 0 Å². The van der Waals surface area contributed by atoms with E-state index in [9.17, 15) is 19.7 Å². The van der Waals surface area contributed by atoms with Crippen LogP contribution in [0.25, 0.3) is 10.8 Å². The molecule has 3 atom stereocenters. The van der Waals surface area contributed by atoms with E-state index in [0.29, 0.717) is 27.2 Å². The van der Waals surface area contributed by atoms with Gasteiger partial charge in [-0.1, -0.05) is 48.5 Å². The largest absolute Gasteiger partial charge is 0.496 e. The number of nitro benzene ring substituents is 1. The summed E-state index contributed by atoms with van der Waals surface area (Å²) in [5.74, 6) is -1.18. The Morgan fingerprint density at radius 3 is 2.47 bits per heavy atom. The van der Waals surface area contributed by atoms with Crippen molar-refractivity contribution in [3.05, 3.63) is 105 Å². The second-order valence-electron chi connectivity index (χ2n) is 9.00. The summed E-state index contributed by atoms with van der Waals surface area (Å²) < 4.78 is 6.02. The quantitative estimate of drug-likeness (QED) is 0.175. The molecule has 9 nitrogen and oxygen atoms in total. The van der Waals surface area contributed by atoms with E-state index in [1.54, 1.807) is 43.5 Å². The van der Waals surface area contributed by atoms with Crippen LogP contribution in [0.4, 0.5) is 17.1 Å². The van der Waals surface area contributed by atoms with Gasteiger partial charge in [-0.15, -0.1) is 0 Å². The van der Waals surface area contributed by atoms with Crippen LogP contribution in [0.1, 0.15) is 11.6 Å². The summed E-state index contributed by atoms with van der Waals surface area (Å²) in [4.78, 5) is 46.1. The van der Waals surface area contributed by atoms with E-state index in [2.05, 4.69) is 15.9 Å². The van der Waals surface area contributed by atoms with Gasteiger partial charge in [0.2, 0.25) is 5.91 Å². The number of halogens is 1. The maximum absolute atomic E-state index is 14.0. The molecule has 38 heavy (non-hydrogen) atoms. The van der Waals surface area contributed by atoms with Gasteiger partial charge in [0.1, 0.15) is 11.7 Å². The topological polar surface area (TPSA) is 102 Å². The Morgan fingerprint density at radius 1 is 0.947 bits per heavy atom. The van der Waals surface area contributed by atoms with E-state index in [1.165, 1.54) is 28.2 Å². The number of nitro groups is 1. The summed E-state index contributed by atoms with van der Waals surface area (Å²) in [7, 11) is 1.55. The van der Waals surface area contributed by atoms with Crippen molar-refractivity contribution in [3.8, 4) is 5.75 Å². The number of amides is 2. The van der Waals surface area contributed by atoms with Gasteiger partial charge >= 0.3 is 0 Å². The minimum atomic E-state index is -1.10. The zero-order valence-corrected chi connectivity index (χ0v) is 21.6. The molecular weight excluding hydrogens is 554 g/mol. The molecule has 0 saturated carbocycles. The number of anilines is 2. The van der Waals surface area contributed by atoms with E-state index < -0.39 is 34.8 Å². The van der Waals surface area contributed by atoms with Crippen LogP contribution >= 0.6 is 15.9 Å². The maximum atomic E-state index is 14.0. The molecule has 0 unspecified atom stereocenters. The van der Waals surface area contributed by atoms with Crippen molar-refractivity contribution in [1.29, 1.82) is 0 Å². The van der Waals surface area contributed by atoms with Crippen molar-refractivity contribution in [2.24, 2.45) is 5.92 Å². The molecule has 6 rings (SSSR count). The first-order valence-corrected chi connectivity index (χ1v) is 12.6.